The Bertz CT molecular complexity index is 2170. The van der Waals surface area contributed by atoms with Crippen molar-refractivity contribution in [2.24, 2.45) is 0 Å². The molecule has 0 aliphatic heterocycles. The Balaban J connectivity index is 1.68. The molecule has 0 spiro atoms. The molecule has 0 saturated heterocycles. The monoisotopic (exact) mass is 998 g/mol. The van der Waals surface area contributed by atoms with Crippen molar-refractivity contribution in [2.45, 2.75) is 119 Å². The zero-order valence-electron chi connectivity index (χ0n) is 41.5. The molecule has 0 fully saturated rings. The average molecular weight is 999 g/mol. The van der Waals surface area contributed by atoms with E-state index in [4.69, 9.17) is 37.9 Å². The van der Waals surface area contributed by atoms with Crippen molar-refractivity contribution in [1.82, 2.24) is 9.13 Å². The van der Waals surface area contributed by atoms with Crippen molar-refractivity contribution in [3.05, 3.63) is 139 Å². The van der Waals surface area contributed by atoms with Gasteiger partial charge in [0.05, 0.1) is 0 Å². The second kappa shape index (κ2) is 26.5. The molecule has 0 bridgehead atoms. The first-order chi connectivity index (χ1) is 33.6. The van der Waals surface area contributed by atoms with Crippen LogP contribution in [0, 0.1) is 23.3 Å². The maximum atomic E-state index is 18.8. The Hall–Kier alpha value is -3.93. The van der Waals surface area contributed by atoms with Crippen LogP contribution >= 0.6 is 0 Å². The van der Waals surface area contributed by atoms with Crippen molar-refractivity contribution < 1.29 is 72.0 Å². The van der Waals surface area contributed by atoms with E-state index < -0.39 is 65.0 Å². The fourth-order valence-electron chi connectivity index (χ4n) is 9.68. The van der Waals surface area contributed by atoms with Crippen molar-refractivity contribution in [2.75, 3.05) is 52.9 Å². The summed E-state index contributed by atoms with van der Waals surface area (Å²) < 4.78 is 125. The van der Waals surface area contributed by atoms with Crippen LogP contribution in [0.4, 0.5) is 17.6 Å². The fraction of sp³-hybridized carbons (Fsp3) is 0.481. The molecule has 6 rings (SSSR count). The summed E-state index contributed by atoms with van der Waals surface area (Å²) in [6.07, 6.45) is 9.56. The first-order valence-corrected chi connectivity index (χ1v) is 27.7. The van der Waals surface area contributed by atoms with Gasteiger partial charge in [-0.15, -0.1) is 0 Å². The van der Waals surface area contributed by atoms with E-state index in [1.807, 2.05) is 91.8 Å². The van der Waals surface area contributed by atoms with E-state index in [0.29, 0.717) is 83.4 Å². The van der Waals surface area contributed by atoms with Gasteiger partial charge in [0.25, 0.3) is 0 Å². The molecule has 4 aromatic rings. The van der Waals surface area contributed by atoms with Gasteiger partial charge < -0.3 is 0 Å². The maximum absolute atomic E-state index is 18.8. The van der Waals surface area contributed by atoms with Crippen molar-refractivity contribution >= 4 is 7.74 Å². The number of hydrogen-bond donors (Lipinski definition) is 0. The Morgan fingerprint density at radius 1 is 0.420 bits per heavy atom. The normalized spacial score (nSPS) is 14.0. The van der Waals surface area contributed by atoms with Gasteiger partial charge in [-0.25, -0.2) is 0 Å². The van der Waals surface area contributed by atoms with Gasteiger partial charge >= 0.3 is 411 Å². The number of halogens is 4. The van der Waals surface area contributed by atoms with Gasteiger partial charge in [0.1, 0.15) is 0 Å². The van der Waals surface area contributed by atoms with Crippen molar-refractivity contribution in [1.29, 1.82) is 0 Å². The van der Waals surface area contributed by atoms with Gasteiger partial charge in [0.2, 0.25) is 0 Å². The van der Waals surface area contributed by atoms with Crippen molar-refractivity contribution in [3.63, 3.8) is 0 Å². The summed E-state index contributed by atoms with van der Waals surface area (Å²) in [5, 5.41) is 0. The van der Waals surface area contributed by atoms with Gasteiger partial charge in [-0.3, -0.25) is 0 Å². The molecular weight excluding hydrogens is 928 g/mol. The number of nitrogens with zero attached hydrogens (tertiary/aromatic N) is 2. The van der Waals surface area contributed by atoms with Crippen LogP contribution < -0.4 is 7.74 Å². The molecule has 0 N–H and O–H groups in total. The predicted octanol–water partition coefficient (Wildman–Crippen LogP) is 10.4. The zero-order valence-corrected chi connectivity index (χ0v) is 43.0. The predicted molar refractivity (Wildman–Crippen MR) is 257 cm³/mol. The average Bonchev–Trinajstić information content (AvgIpc) is 4.18. The topological polar surface area (TPSA) is 83.7 Å². The Labute approximate surface area is 409 Å². The summed E-state index contributed by atoms with van der Waals surface area (Å²) in [5.41, 5.74) is 2.48. The second-order valence-corrected chi connectivity index (χ2v) is 22.3. The van der Waals surface area contributed by atoms with E-state index in [0.717, 1.165) is 0 Å². The summed E-state index contributed by atoms with van der Waals surface area (Å²) >= 11 is -5.43. The molecule has 0 atom stereocenters. The van der Waals surface area contributed by atoms with Crippen LogP contribution in [0.5, 0.6) is 0 Å². The molecule has 2 heterocycles. The van der Waals surface area contributed by atoms with Crippen LogP contribution in [0.1, 0.15) is 91.0 Å². The summed E-state index contributed by atoms with van der Waals surface area (Å²) in [4.78, 5) is 0. The number of rotatable bonds is 30. The molecule has 2 aliphatic carbocycles. The van der Waals surface area contributed by atoms with Gasteiger partial charge in [0, 0.05) is 0 Å². The van der Waals surface area contributed by atoms with Gasteiger partial charge in [-0.05, 0) is 0 Å². The third kappa shape index (κ3) is 12.2. The van der Waals surface area contributed by atoms with Gasteiger partial charge in [-0.1, -0.05) is 0 Å². The molecule has 69 heavy (non-hydrogen) atoms. The molecule has 376 valence electrons. The number of aromatic nitrogens is 2. The first kappa shape index (κ1) is 54.4. The number of hydrogen-bond acceptors (Lipinski definition) is 8. The molecule has 0 saturated carbocycles. The zero-order chi connectivity index (χ0) is 49.5. The van der Waals surface area contributed by atoms with Crippen LogP contribution in [0.3, 0.4) is 0 Å². The van der Waals surface area contributed by atoms with E-state index in [2.05, 4.69) is 0 Å². The van der Waals surface area contributed by atoms with E-state index in [1.165, 1.54) is 24.3 Å². The Kier molecular flexibility index (Phi) is 20.9. The fourth-order valence-corrected chi connectivity index (χ4v) is 17.9. The minimum atomic E-state index is -5.43. The van der Waals surface area contributed by atoms with Crippen LogP contribution in [-0.2, 0) is 80.2 Å². The second-order valence-electron chi connectivity index (χ2n) is 16.4. The minimum absolute atomic E-state index is 0.00994. The number of ether oxygens (including phenoxy) is 8. The molecule has 0 unspecified atom stereocenters. The van der Waals surface area contributed by atoms with Crippen LogP contribution in [0.25, 0.3) is 11.4 Å². The van der Waals surface area contributed by atoms with E-state index >= 15 is 17.6 Å². The molecule has 2 aromatic heterocycles. The number of benzene rings is 2. The Morgan fingerprint density at radius 2 is 0.696 bits per heavy atom. The number of allylic oxidation sites excluding steroid dienone is 8. The molecule has 0 radical (unpaired) electrons. The molecule has 2 aromatic carbocycles. The standard InChI is InChI=1S/2C22H30F2NO4.2C5H5.Ti/c2*1-5-26-21(27-6-2)14-17-10-11-18(15-22(28-7-3)29-8-4)25(17)20-12-9-16(23)13-19(20)24;2*1-2-4-5-3-1;/h2*9-12,21-22H,5-8,14-15H2,1-4H3;2*1-3H,4H2;. The quantitative estimate of drug-likeness (QED) is 0.0290. The molecule has 0 amide bonds. The summed E-state index contributed by atoms with van der Waals surface area (Å²) in [6, 6.07) is 12.7. The van der Waals surface area contributed by atoms with E-state index in [9.17, 15) is 0 Å². The van der Waals surface area contributed by atoms with E-state index in [1.54, 1.807) is 33.4 Å². The van der Waals surface area contributed by atoms with Gasteiger partial charge in [0.15, 0.2) is 0 Å². The molecule has 15 heteroatoms. The molecular formula is C54H70F4N2O8Ti. The van der Waals surface area contributed by atoms with Gasteiger partial charge in [-0.2, -0.15) is 0 Å². The Morgan fingerprint density at radius 3 is 0.928 bits per heavy atom. The summed E-state index contributed by atoms with van der Waals surface area (Å²) in [6.45, 7) is 17.9. The summed E-state index contributed by atoms with van der Waals surface area (Å²) in [5.74, 6) is -3.62. The third-order valence-corrected chi connectivity index (χ3v) is 20.2. The summed E-state index contributed by atoms with van der Waals surface area (Å²) in [7, 11) is 0. The van der Waals surface area contributed by atoms with Crippen LogP contribution in [0.15, 0.2) is 92.7 Å². The third-order valence-electron chi connectivity index (χ3n) is 12.3. The molecule has 10 nitrogen and oxygen atoms in total. The SMILES string of the molecule is CCOC(Cc1ccc(CC(OCC)OCC)n1-c1ccc(F)[c]([Ti]([C]2=CC=CC2)([C]2=CC=CC2)[c]2c(F)ccc(-n3c(CC(OCC)OCC)ccc3CC(OCC)OCC)c2F)c1F)OCC. The van der Waals surface area contributed by atoms with Crippen molar-refractivity contribution in [3.8, 4) is 11.4 Å². The molecule has 2 aliphatic rings. The first-order valence-electron chi connectivity index (χ1n) is 24.6. The van der Waals surface area contributed by atoms with Crippen LogP contribution in [-0.4, -0.2) is 87.1 Å². The van der Waals surface area contributed by atoms with E-state index in [-0.39, 0.29) is 57.6 Å². The van der Waals surface area contributed by atoms with Crippen LogP contribution in [0.2, 0.25) is 0 Å².